The van der Waals surface area contributed by atoms with E-state index in [1.807, 2.05) is 6.92 Å². The lowest BCUT2D eigenvalue weighted by Gasteiger charge is -2.07. The van der Waals surface area contributed by atoms with Gasteiger partial charge < -0.3 is 5.11 Å². The number of hydrogen-bond acceptors (Lipinski definition) is 3. The third-order valence-corrected chi connectivity index (χ3v) is 3.68. The van der Waals surface area contributed by atoms with Crippen LogP contribution < -0.4 is 0 Å². The second-order valence-corrected chi connectivity index (χ2v) is 5.62. The highest BCUT2D eigenvalue weighted by atomic mass is 35.5. The van der Waals surface area contributed by atoms with Gasteiger partial charge in [0.25, 0.3) is 0 Å². The van der Waals surface area contributed by atoms with Gasteiger partial charge in [-0.3, -0.25) is 4.79 Å². The number of ketones is 1. The van der Waals surface area contributed by atoms with Crippen molar-refractivity contribution in [2.75, 3.05) is 12.4 Å². The number of halogens is 2. The van der Waals surface area contributed by atoms with E-state index in [9.17, 15) is 4.79 Å². The summed E-state index contributed by atoms with van der Waals surface area (Å²) in [6, 6.07) is 4.81. The van der Waals surface area contributed by atoms with Crippen molar-refractivity contribution in [3.8, 4) is 0 Å². The minimum Gasteiger partial charge on any atom is -0.395 e. The zero-order valence-corrected chi connectivity index (χ0v) is 11.1. The highest BCUT2D eigenvalue weighted by Gasteiger charge is 2.12. The average Bonchev–Trinajstić information content (AvgIpc) is 2.25. The molecular weight excluding hydrogens is 267 g/mol. The lowest BCUT2D eigenvalue weighted by Crippen LogP contribution is -2.09. The molecule has 0 aromatic heterocycles. The molecule has 0 aliphatic rings. The lowest BCUT2D eigenvalue weighted by molar-refractivity contribution is 0.102. The molecule has 88 valence electrons. The maximum absolute atomic E-state index is 11.8. The summed E-state index contributed by atoms with van der Waals surface area (Å²) >= 11 is 13.0. The number of aliphatic hydroxyl groups excluding tert-OH is 1. The topological polar surface area (TPSA) is 37.3 Å². The number of rotatable bonds is 5. The average molecular weight is 279 g/mol. The van der Waals surface area contributed by atoms with Crippen LogP contribution in [0.1, 0.15) is 17.3 Å². The van der Waals surface area contributed by atoms with Crippen LogP contribution in [0, 0.1) is 0 Å². The Bertz CT molecular complexity index is 382. The smallest absolute Gasteiger partial charge is 0.174 e. The van der Waals surface area contributed by atoms with Crippen LogP contribution in [0.15, 0.2) is 18.2 Å². The molecule has 0 heterocycles. The van der Waals surface area contributed by atoms with Gasteiger partial charge in [0.05, 0.1) is 17.4 Å². The highest BCUT2D eigenvalue weighted by Crippen LogP contribution is 2.23. The van der Waals surface area contributed by atoms with Crippen LogP contribution in [0.3, 0.4) is 0 Å². The predicted molar refractivity (Wildman–Crippen MR) is 69.8 cm³/mol. The normalized spacial score (nSPS) is 12.5. The first-order valence-electron chi connectivity index (χ1n) is 4.75. The van der Waals surface area contributed by atoms with Crippen LogP contribution in [0.4, 0.5) is 0 Å². The molecular formula is C11H12Cl2O2S. The van der Waals surface area contributed by atoms with Crippen molar-refractivity contribution in [2.45, 2.75) is 12.2 Å². The molecule has 0 fully saturated rings. The van der Waals surface area contributed by atoms with E-state index in [0.717, 1.165) is 0 Å². The molecule has 1 aromatic rings. The number of carbonyl (C=O) groups is 1. The number of Topliss-reactive ketones (excluding diaryl/α,β-unsaturated/α-hetero) is 1. The van der Waals surface area contributed by atoms with Gasteiger partial charge in [0, 0.05) is 15.8 Å². The zero-order valence-electron chi connectivity index (χ0n) is 8.74. The monoisotopic (exact) mass is 278 g/mol. The first-order valence-corrected chi connectivity index (χ1v) is 6.55. The molecule has 16 heavy (non-hydrogen) atoms. The number of carbonyl (C=O) groups excluding carboxylic acids is 1. The Morgan fingerprint density at radius 3 is 2.75 bits per heavy atom. The van der Waals surface area contributed by atoms with Gasteiger partial charge in [-0.25, -0.2) is 0 Å². The molecule has 0 amide bonds. The Morgan fingerprint density at radius 1 is 1.50 bits per heavy atom. The molecule has 0 bridgehead atoms. The molecule has 0 saturated carbocycles. The van der Waals surface area contributed by atoms with E-state index in [0.29, 0.717) is 21.4 Å². The van der Waals surface area contributed by atoms with Crippen LogP contribution in [0.2, 0.25) is 10.0 Å². The molecule has 2 nitrogen and oxygen atoms in total. The van der Waals surface area contributed by atoms with Gasteiger partial charge >= 0.3 is 0 Å². The minimum absolute atomic E-state index is 0.0491. The first-order chi connectivity index (χ1) is 7.54. The third kappa shape index (κ3) is 3.98. The summed E-state index contributed by atoms with van der Waals surface area (Å²) in [6.45, 7) is 1.92. The molecule has 0 aliphatic carbocycles. The summed E-state index contributed by atoms with van der Waals surface area (Å²) in [5.41, 5.74) is 0.476. The predicted octanol–water partition coefficient (Wildman–Crippen LogP) is 3.29. The number of thioether (sulfide) groups is 1. The second kappa shape index (κ2) is 6.50. The quantitative estimate of drug-likeness (QED) is 0.840. The van der Waals surface area contributed by atoms with Gasteiger partial charge in [0.2, 0.25) is 0 Å². The van der Waals surface area contributed by atoms with Crippen LogP contribution in [0.5, 0.6) is 0 Å². The van der Waals surface area contributed by atoms with Crippen molar-refractivity contribution in [2.24, 2.45) is 0 Å². The molecule has 5 heteroatoms. The Kier molecular flexibility index (Phi) is 5.62. The van der Waals surface area contributed by atoms with E-state index in [2.05, 4.69) is 0 Å². The number of aliphatic hydroxyl groups is 1. The van der Waals surface area contributed by atoms with Gasteiger partial charge in [-0.2, -0.15) is 0 Å². The lowest BCUT2D eigenvalue weighted by atomic mass is 10.1. The fraction of sp³-hybridized carbons (Fsp3) is 0.364. The Morgan fingerprint density at radius 2 is 2.19 bits per heavy atom. The molecule has 0 aliphatic heterocycles. The van der Waals surface area contributed by atoms with Crippen molar-refractivity contribution in [1.82, 2.24) is 0 Å². The first kappa shape index (κ1) is 13.8. The summed E-state index contributed by atoms with van der Waals surface area (Å²) in [5.74, 6) is 0.260. The van der Waals surface area contributed by atoms with Gasteiger partial charge in [0.1, 0.15) is 0 Å². The largest absolute Gasteiger partial charge is 0.395 e. The summed E-state index contributed by atoms with van der Waals surface area (Å²) in [6.07, 6.45) is 0. The molecule has 0 saturated heterocycles. The maximum Gasteiger partial charge on any atom is 0.174 e. The van der Waals surface area contributed by atoms with Gasteiger partial charge in [-0.05, 0) is 18.2 Å². The van der Waals surface area contributed by atoms with Crippen molar-refractivity contribution < 1.29 is 9.90 Å². The highest BCUT2D eigenvalue weighted by molar-refractivity contribution is 8.00. The van der Waals surface area contributed by atoms with E-state index < -0.39 is 0 Å². The van der Waals surface area contributed by atoms with E-state index in [1.54, 1.807) is 18.2 Å². The van der Waals surface area contributed by atoms with Crippen LogP contribution >= 0.6 is 35.0 Å². The van der Waals surface area contributed by atoms with E-state index in [1.165, 1.54) is 11.8 Å². The molecule has 1 N–H and O–H groups in total. The summed E-state index contributed by atoms with van der Waals surface area (Å²) in [7, 11) is 0. The zero-order chi connectivity index (χ0) is 12.1. The summed E-state index contributed by atoms with van der Waals surface area (Å²) in [4.78, 5) is 11.8. The Labute approximate surface area is 109 Å². The standard InChI is InChI=1S/C11H12Cl2O2S/c1-7(5-14)16-6-11(15)9-3-2-8(12)4-10(9)13/h2-4,7,14H,5-6H2,1H3. The van der Waals surface area contributed by atoms with Crippen LogP contribution in [-0.4, -0.2) is 28.5 Å². The maximum atomic E-state index is 11.8. The molecule has 1 rings (SSSR count). The molecule has 0 spiro atoms. The van der Waals surface area contributed by atoms with E-state index in [-0.39, 0.29) is 17.6 Å². The van der Waals surface area contributed by atoms with Gasteiger partial charge in [0.15, 0.2) is 5.78 Å². The van der Waals surface area contributed by atoms with E-state index >= 15 is 0 Å². The fourth-order valence-corrected chi connectivity index (χ4v) is 2.27. The number of hydrogen-bond donors (Lipinski definition) is 1. The van der Waals surface area contributed by atoms with Crippen LogP contribution in [-0.2, 0) is 0 Å². The van der Waals surface area contributed by atoms with Crippen molar-refractivity contribution >= 4 is 40.7 Å². The summed E-state index contributed by atoms with van der Waals surface area (Å²) < 4.78 is 0. The Hall–Kier alpha value is -0.220. The third-order valence-electron chi connectivity index (χ3n) is 1.99. The molecule has 0 radical (unpaired) electrons. The van der Waals surface area contributed by atoms with Crippen LogP contribution in [0.25, 0.3) is 0 Å². The molecule has 1 atom stereocenters. The van der Waals surface area contributed by atoms with Crippen molar-refractivity contribution in [1.29, 1.82) is 0 Å². The van der Waals surface area contributed by atoms with Gasteiger partial charge in [-0.1, -0.05) is 30.1 Å². The molecule has 1 aromatic carbocycles. The van der Waals surface area contributed by atoms with Crippen molar-refractivity contribution in [3.63, 3.8) is 0 Å². The molecule has 1 unspecified atom stereocenters. The Balaban J connectivity index is 2.66. The minimum atomic E-state index is -0.0491. The number of benzene rings is 1. The second-order valence-electron chi connectivity index (χ2n) is 3.35. The van der Waals surface area contributed by atoms with Crippen molar-refractivity contribution in [3.05, 3.63) is 33.8 Å². The SMILES string of the molecule is CC(CO)SCC(=O)c1ccc(Cl)cc1Cl. The fourth-order valence-electron chi connectivity index (χ4n) is 1.06. The summed E-state index contributed by atoms with van der Waals surface area (Å²) in [5, 5.41) is 9.77. The van der Waals surface area contributed by atoms with E-state index in [4.69, 9.17) is 28.3 Å². The van der Waals surface area contributed by atoms with Gasteiger partial charge in [-0.15, -0.1) is 11.8 Å².